The van der Waals surface area contributed by atoms with Crippen molar-refractivity contribution in [3.8, 4) is 0 Å². The lowest BCUT2D eigenvalue weighted by Crippen LogP contribution is -2.42. The number of hydrogen-bond donors (Lipinski definition) is 1. The van der Waals surface area contributed by atoms with E-state index in [0.717, 1.165) is 12.4 Å². The summed E-state index contributed by atoms with van der Waals surface area (Å²) in [4.78, 5) is 25.2. The molecule has 20 heavy (non-hydrogen) atoms. The fourth-order valence-electron chi connectivity index (χ4n) is 3.10. The molecule has 0 unspecified atom stereocenters. The van der Waals surface area contributed by atoms with Crippen LogP contribution in [0.5, 0.6) is 0 Å². The number of carbonyl (C=O) groups is 2. The zero-order valence-electron chi connectivity index (χ0n) is 11.2. The molecule has 0 saturated heterocycles. The SMILES string of the molecule is O=C(O)C1CCC(C(=O)N2CCn3cnnc3C2)CC1. The van der Waals surface area contributed by atoms with Crippen molar-refractivity contribution in [3.05, 3.63) is 12.2 Å². The molecule has 0 spiro atoms. The van der Waals surface area contributed by atoms with Gasteiger partial charge in [-0.25, -0.2) is 0 Å². The number of amides is 1. The highest BCUT2D eigenvalue weighted by Gasteiger charge is 2.33. The molecule has 0 bridgehead atoms. The minimum Gasteiger partial charge on any atom is -0.481 e. The molecule has 1 aliphatic heterocycles. The standard InChI is InChI=1S/C13H18N4O3/c18-12(9-1-3-10(4-2-9)13(19)20)16-5-6-17-8-14-15-11(17)7-16/h8-10H,1-7H2,(H,19,20). The van der Waals surface area contributed by atoms with Gasteiger partial charge in [-0.2, -0.15) is 0 Å². The van der Waals surface area contributed by atoms with Gasteiger partial charge in [0.2, 0.25) is 5.91 Å². The lowest BCUT2D eigenvalue weighted by atomic mass is 9.81. The molecule has 7 heteroatoms. The maximum absolute atomic E-state index is 12.5. The van der Waals surface area contributed by atoms with Crippen LogP contribution in [-0.2, 0) is 22.7 Å². The van der Waals surface area contributed by atoms with Crippen LogP contribution in [0.3, 0.4) is 0 Å². The number of aliphatic carboxylic acids is 1. The van der Waals surface area contributed by atoms with Crippen molar-refractivity contribution in [1.29, 1.82) is 0 Å². The van der Waals surface area contributed by atoms with E-state index in [9.17, 15) is 9.59 Å². The molecule has 0 radical (unpaired) electrons. The van der Waals surface area contributed by atoms with Gasteiger partial charge in [-0.05, 0) is 25.7 Å². The van der Waals surface area contributed by atoms with E-state index in [1.54, 1.807) is 6.33 Å². The molecule has 0 aromatic carbocycles. The predicted molar refractivity (Wildman–Crippen MR) is 68.5 cm³/mol. The first-order chi connectivity index (χ1) is 9.65. The summed E-state index contributed by atoms with van der Waals surface area (Å²) in [6.07, 6.45) is 4.26. The van der Waals surface area contributed by atoms with Gasteiger partial charge in [-0.1, -0.05) is 0 Å². The van der Waals surface area contributed by atoms with Gasteiger partial charge < -0.3 is 14.6 Å². The van der Waals surface area contributed by atoms with Crippen molar-refractivity contribution in [3.63, 3.8) is 0 Å². The fraction of sp³-hybridized carbons (Fsp3) is 0.692. The number of hydrogen-bond acceptors (Lipinski definition) is 4. The molecule has 7 nitrogen and oxygen atoms in total. The minimum atomic E-state index is -0.734. The van der Waals surface area contributed by atoms with E-state index in [1.165, 1.54) is 0 Å². The summed E-state index contributed by atoms with van der Waals surface area (Å²) in [5, 5.41) is 16.8. The van der Waals surface area contributed by atoms with Gasteiger partial charge in [-0.3, -0.25) is 9.59 Å². The highest BCUT2D eigenvalue weighted by Crippen LogP contribution is 2.30. The monoisotopic (exact) mass is 278 g/mol. The second kappa shape index (κ2) is 5.22. The molecule has 1 aliphatic carbocycles. The van der Waals surface area contributed by atoms with E-state index in [2.05, 4.69) is 10.2 Å². The lowest BCUT2D eigenvalue weighted by Gasteiger charge is -2.33. The van der Waals surface area contributed by atoms with Crippen LogP contribution >= 0.6 is 0 Å². The first-order valence-corrected chi connectivity index (χ1v) is 7.03. The van der Waals surface area contributed by atoms with Crippen molar-refractivity contribution in [2.24, 2.45) is 11.8 Å². The molecular weight excluding hydrogens is 260 g/mol. The molecule has 2 heterocycles. The summed E-state index contributed by atoms with van der Waals surface area (Å²) in [5.74, 6) is -0.0718. The number of carboxylic acids is 1. The average molecular weight is 278 g/mol. The summed E-state index contributed by atoms with van der Waals surface area (Å²) in [6, 6.07) is 0. The number of carbonyl (C=O) groups excluding carboxylic acids is 1. The highest BCUT2D eigenvalue weighted by atomic mass is 16.4. The zero-order valence-corrected chi connectivity index (χ0v) is 11.2. The van der Waals surface area contributed by atoms with Gasteiger partial charge in [0.15, 0.2) is 5.82 Å². The fourth-order valence-corrected chi connectivity index (χ4v) is 3.10. The third-order valence-corrected chi connectivity index (χ3v) is 4.38. The van der Waals surface area contributed by atoms with Crippen LogP contribution in [0.15, 0.2) is 6.33 Å². The van der Waals surface area contributed by atoms with Crippen LogP contribution in [-0.4, -0.2) is 43.2 Å². The van der Waals surface area contributed by atoms with Crippen LogP contribution < -0.4 is 0 Å². The summed E-state index contributed by atoms with van der Waals surface area (Å²) in [5.41, 5.74) is 0. The van der Waals surface area contributed by atoms with E-state index < -0.39 is 5.97 Å². The van der Waals surface area contributed by atoms with Crippen LogP contribution in [0.1, 0.15) is 31.5 Å². The van der Waals surface area contributed by atoms with Crippen LogP contribution in [0.25, 0.3) is 0 Å². The molecule has 1 aromatic rings. The van der Waals surface area contributed by atoms with Gasteiger partial charge >= 0.3 is 5.97 Å². The van der Waals surface area contributed by atoms with E-state index in [0.29, 0.717) is 38.8 Å². The second-order valence-corrected chi connectivity index (χ2v) is 5.59. The molecular formula is C13H18N4O3. The van der Waals surface area contributed by atoms with Crippen LogP contribution in [0.4, 0.5) is 0 Å². The lowest BCUT2D eigenvalue weighted by molar-refractivity contribution is -0.146. The van der Waals surface area contributed by atoms with Gasteiger partial charge in [-0.15, -0.1) is 10.2 Å². The van der Waals surface area contributed by atoms with Crippen molar-refractivity contribution in [1.82, 2.24) is 19.7 Å². The van der Waals surface area contributed by atoms with Gasteiger partial charge in [0.05, 0.1) is 12.5 Å². The number of aromatic nitrogens is 3. The first-order valence-electron chi connectivity index (χ1n) is 7.03. The Hall–Kier alpha value is -1.92. The van der Waals surface area contributed by atoms with E-state index in [-0.39, 0.29) is 17.7 Å². The quantitative estimate of drug-likeness (QED) is 0.851. The Morgan fingerprint density at radius 1 is 1.15 bits per heavy atom. The second-order valence-electron chi connectivity index (χ2n) is 5.59. The van der Waals surface area contributed by atoms with Crippen molar-refractivity contribution in [2.75, 3.05) is 6.54 Å². The smallest absolute Gasteiger partial charge is 0.306 e. The molecule has 0 atom stereocenters. The van der Waals surface area contributed by atoms with Gasteiger partial charge in [0.1, 0.15) is 6.33 Å². The van der Waals surface area contributed by atoms with Gasteiger partial charge in [0, 0.05) is 19.0 Å². The molecule has 1 amide bonds. The number of carboxylic acid groups (broad SMARTS) is 1. The predicted octanol–water partition coefficient (Wildman–Crippen LogP) is 0.511. The molecule has 1 saturated carbocycles. The minimum absolute atomic E-state index is 0.0277. The maximum atomic E-state index is 12.5. The summed E-state index contributed by atoms with van der Waals surface area (Å²) >= 11 is 0. The van der Waals surface area contributed by atoms with E-state index in [1.807, 2.05) is 9.47 Å². The Morgan fingerprint density at radius 3 is 2.55 bits per heavy atom. The molecule has 3 rings (SSSR count). The van der Waals surface area contributed by atoms with Crippen LogP contribution in [0, 0.1) is 11.8 Å². The summed E-state index contributed by atoms with van der Waals surface area (Å²) in [7, 11) is 0. The third kappa shape index (κ3) is 2.39. The third-order valence-electron chi connectivity index (χ3n) is 4.38. The van der Waals surface area contributed by atoms with E-state index in [4.69, 9.17) is 5.11 Å². The number of nitrogens with zero attached hydrogens (tertiary/aromatic N) is 4. The maximum Gasteiger partial charge on any atom is 0.306 e. The molecule has 1 aromatic heterocycles. The van der Waals surface area contributed by atoms with E-state index >= 15 is 0 Å². The Kier molecular flexibility index (Phi) is 3.42. The topological polar surface area (TPSA) is 88.3 Å². The Bertz CT molecular complexity index is 519. The van der Waals surface area contributed by atoms with Crippen molar-refractivity contribution < 1.29 is 14.7 Å². The molecule has 2 aliphatic rings. The average Bonchev–Trinajstić information content (AvgIpc) is 2.94. The Morgan fingerprint density at radius 2 is 1.85 bits per heavy atom. The van der Waals surface area contributed by atoms with Gasteiger partial charge in [0.25, 0.3) is 0 Å². The largest absolute Gasteiger partial charge is 0.481 e. The zero-order chi connectivity index (χ0) is 14.1. The Balaban J connectivity index is 1.59. The Labute approximate surface area is 116 Å². The summed E-state index contributed by atoms with van der Waals surface area (Å²) in [6.45, 7) is 1.93. The van der Waals surface area contributed by atoms with Crippen molar-refractivity contribution in [2.45, 2.75) is 38.8 Å². The number of fused-ring (bicyclic) bond motifs is 1. The first kappa shape index (κ1) is 13.1. The van der Waals surface area contributed by atoms with Crippen LogP contribution in [0.2, 0.25) is 0 Å². The molecule has 1 N–H and O–H groups in total. The molecule has 108 valence electrons. The molecule has 1 fully saturated rings. The highest BCUT2D eigenvalue weighted by molar-refractivity contribution is 5.79. The van der Waals surface area contributed by atoms with Crippen molar-refractivity contribution >= 4 is 11.9 Å². The normalized spacial score (nSPS) is 26.1. The summed E-state index contributed by atoms with van der Waals surface area (Å²) < 4.78 is 1.96. The number of rotatable bonds is 2.